The van der Waals surface area contributed by atoms with E-state index in [-0.39, 0.29) is 10.8 Å². The molecule has 0 atom stereocenters. The van der Waals surface area contributed by atoms with Crippen molar-refractivity contribution in [3.63, 3.8) is 0 Å². The largest absolute Gasteiger partial charge is 0.352 e. The van der Waals surface area contributed by atoms with Gasteiger partial charge >= 0.3 is 0 Å². The second-order valence-electron chi connectivity index (χ2n) is 7.53. The molecule has 8 heteroatoms. The molecule has 0 spiro atoms. The second kappa shape index (κ2) is 8.97. The maximum absolute atomic E-state index is 12.8. The van der Waals surface area contributed by atoms with Gasteiger partial charge in [0.05, 0.1) is 22.3 Å². The number of imidazole rings is 1. The van der Waals surface area contributed by atoms with Crippen LogP contribution in [0, 0.1) is 0 Å². The minimum Gasteiger partial charge on any atom is -0.352 e. The predicted octanol–water partition coefficient (Wildman–Crippen LogP) is 3.03. The lowest BCUT2D eigenvalue weighted by atomic mass is 10.2. The zero-order valence-electron chi connectivity index (χ0n) is 16.8. The number of hydrogen-bond donors (Lipinski definition) is 1. The van der Waals surface area contributed by atoms with E-state index in [4.69, 9.17) is 0 Å². The molecule has 4 rings (SSSR count). The molecule has 1 fully saturated rings. The van der Waals surface area contributed by atoms with Gasteiger partial charge in [-0.1, -0.05) is 24.6 Å². The Bertz CT molecular complexity index is 1130. The van der Waals surface area contributed by atoms with E-state index in [1.54, 1.807) is 24.5 Å². The molecule has 0 aliphatic carbocycles. The highest BCUT2D eigenvalue weighted by Crippen LogP contribution is 2.21. The molecule has 3 aromatic rings. The molecule has 1 aromatic heterocycles. The summed E-state index contributed by atoms with van der Waals surface area (Å²) in [5.74, 6) is -0.263. The Balaban J connectivity index is 1.35. The molecule has 2 aromatic carbocycles. The number of carbonyl (C=O) groups is 1. The summed E-state index contributed by atoms with van der Waals surface area (Å²) in [4.78, 5) is 17.1. The van der Waals surface area contributed by atoms with Crippen LogP contribution in [0.25, 0.3) is 11.0 Å². The zero-order chi connectivity index (χ0) is 21.0. The molecule has 1 aliphatic rings. The maximum Gasteiger partial charge on any atom is 0.251 e. The van der Waals surface area contributed by atoms with E-state index in [0.717, 1.165) is 43.3 Å². The van der Waals surface area contributed by atoms with Crippen LogP contribution >= 0.6 is 0 Å². The Morgan fingerprint density at radius 1 is 1.03 bits per heavy atom. The minimum absolute atomic E-state index is 0.182. The third-order valence-electron chi connectivity index (χ3n) is 5.44. The maximum atomic E-state index is 12.8. The number of para-hydroxylation sites is 2. The first-order valence-electron chi connectivity index (χ1n) is 10.3. The Morgan fingerprint density at radius 2 is 1.83 bits per heavy atom. The van der Waals surface area contributed by atoms with Gasteiger partial charge in [0.25, 0.3) is 5.91 Å². The highest BCUT2D eigenvalue weighted by Gasteiger charge is 2.26. The molecule has 0 bridgehead atoms. The Hall–Kier alpha value is -2.71. The van der Waals surface area contributed by atoms with Crippen molar-refractivity contribution in [2.45, 2.75) is 37.1 Å². The van der Waals surface area contributed by atoms with E-state index >= 15 is 0 Å². The van der Waals surface area contributed by atoms with Gasteiger partial charge in [-0.15, -0.1) is 0 Å². The van der Waals surface area contributed by atoms with Crippen molar-refractivity contribution in [3.8, 4) is 0 Å². The Labute approximate surface area is 176 Å². The average molecular weight is 427 g/mol. The average Bonchev–Trinajstić information content (AvgIpc) is 3.20. The summed E-state index contributed by atoms with van der Waals surface area (Å²) < 4.78 is 29.3. The molecule has 7 nitrogen and oxygen atoms in total. The molecule has 0 saturated carbocycles. The highest BCUT2D eigenvalue weighted by atomic mass is 32.2. The van der Waals surface area contributed by atoms with Crippen molar-refractivity contribution in [2.75, 3.05) is 19.6 Å². The quantitative estimate of drug-likeness (QED) is 0.589. The second-order valence-corrected chi connectivity index (χ2v) is 9.47. The number of rotatable bonds is 7. The van der Waals surface area contributed by atoms with E-state index in [1.807, 2.05) is 24.3 Å². The summed E-state index contributed by atoms with van der Waals surface area (Å²) in [7, 11) is -3.55. The van der Waals surface area contributed by atoms with E-state index in [2.05, 4.69) is 14.9 Å². The Kier molecular flexibility index (Phi) is 6.15. The number of nitrogens with one attached hydrogen (secondary N) is 1. The summed E-state index contributed by atoms with van der Waals surface area (Å²) in [5, 5.41) is 2.89. The van der Waals surface area contributed by atoms with Crippen molar-refractivity contribution < 1.29 is 13.2 Å². The van der Waals surface area contributed by atoms with Crippen LogP contribution in [0.5, 0.6) is 0 Å². The molecule has 1 aliphatic heterocycles. The summed E-state index contributed by atoms with van der Waals surface area (Å²) in [6.07, 6.45) is 5.37. The molecule has 2 heterocycles. The lowest BCUT2D eigenvalue weighted by Gasteiger charge is -2.26. The van der Waals surface area contributed by atoms with Crippen molar-refractivity contribution in [1.82, 2.24) is 19.2 Å². The van der Waals surface area contributed by atoms with Crippen LogP contribution in [0.2, 0.25) is 0 Å². The Morgan fingerprint density at radius 3 is 2.67 bits per heavy atom. The van der Waals surface area contributed by atoms with Gasteiger partial charge in [-0.25, -0.2) is 13.4 Å². The van der Waals surface area contributed by atoms with Gasteiger partial charge in [0.1, 0.15) is 0 Å². The van der Waals surface area contributed by atoms with E-state index in [1.165, 1.54) is 10.4 Å². The first kappa shape index (κ1) is 20.6. The standard InChI is InChI=1S/C22H26N4O3S/c27-22(23-12-7-13-25-17-24-20-10-2-3-11-21(20)25)18-8-6-9-19(16-18)30(28,29)26-14-4-1-5-15-26/h2-3,6,8-11,16-17H,1,4-5,7,12-15H2,(H,23,27). The number of amides is 1. The first-order chi connectivity index (χ1) is 14.6. The third kappa shape index (κ3) is 4.39. The van der Waals surface area contributed by atoms with Gasteiger partial charge in [0.2, 0.25) is 10.0 Å². The fourth-order valence-electron chi connectivity index (χ4n) is 3.79. The van der Waals surface area contributed by atoms with Crippen molar-refractivity contribution >= 4 is 27.0 Å². The van der Waals surface area contributed by atoms with Crippen LogP contribution in [0.4, 0.5) is 0 Å². The normalized spacial score (nSPS) is 15.3. The number of aryl methyl sites for hydroxylation is 1. The van der Waals surface area contributed by atoms with Gasteiger partial charge in [0.15, 0.2) is 0 Å². The lowest BCUT2D eigenvalue weighted by molar-refractivity contribution is 0.0952. The molecule has 30 heavy (non-hydrogen) atoms. The summed E-state index contributed by atoms with van der Waals surface area (Å²) in [6, 6.07) is 14.2. The number of benzene rings is 2. The van der Waals surface area contributed by atoms with E-state index in [9.17, 15) is 13.2 Å². The molecule has 1 N–H and O–H groups in total. The van der Waals surface area contributed by atoms with Crippen LogP contribution in [-0.4, -0.2) is 47.8 Å². The van der Waals surface area contributed by atoms with Gasteiger partial charge in [-0.3, -0.25) is 4.79 Å². The lowest BCUT2D eigenvalue weighted by Crippen LogP contribution is -2.35. The topological polar surface area (TPSA) is 84.3 Å². The van der Waals surface area contributed by atoms with Crippen LogP contribution < -0.4 is 5.32 Å². The predicted molar refractivity (Wildman–Crippen MR) is 116 cm³/mol. The first-order valence-corrected chi connectivity index (χ1v) is 11.8. The number of hydrogen-bond acceptors (Lipinski definition) is 4. The van der Waals surface area contributed by atoms with Crippen molar-refractivity contribution in [3.05, 3.63) is 60.4 Å². The molecule has 158 valence electrons. The zero-order valence-corrected chi connectivity index (χ0v) is 17.6. The molecular weight excluding hydrogens is 400 g/mol. The molecule has 0 radical (unpaired) electrons. The third-order valence-corrected chi connectivity index (χ3v) is 7.33. The monoisotopic (exact) mass is 426 g/mol. The summed E-state index contributed by atoms with van der Waals surface area (Å²) >= 11 is 0. The molecule has 1 saturated heterocycles. The smallest absolute Gasteiger partial charge is 0.251 e. The number of aromatic nitrogens is 2. The molecular formula is C22H26N4O3S. The molecule has 0 unspecified atom stereocenters. The van der Waals surface area contributed by atoms with Gasteiger partial charge in [0, 0.05) is 31.7 Å². The van der Waals surface area contributed by atoms with Crippen LogP contribution in [0.3, 0.4) is 0 Å². The fourth-order valence-corrected chi connectivity index (χ4v) is 5.36. The van der Waals surface area contributed by atoms with E-state index < -0.39 is 10.0 Å². The van der Waals surface area contributed by atoms with Crippen molar-refractivity contribution in [2.24, 2.45) is 0 Å². The summed E-state index contributed by atoms with van der Waals surface area (Å²) in [5.41, 5.74) is 2.38. The van der Waals surface area contributed by atoms with Crippen LogP contribution in [-0.2, 0) is 16.6 Å². The number of nitrogens with zero attached hydrogens (tertiary/aromatic N) is 3. The van der Waals surface area contributed by atoms with Crippen molar-refractivity contribution in [1.29, 1.82) is 0 Å². The number of piperidine rings is 1. The minimum atomic E-state index is -3.55. The highest BCUT2D eigenvalue weighted by molar-refractivity contribution is 7.89. The number of sulfonamides is 1. The number of fused-ring (bicyclic) bond motifs is 1. The van der Waals surface area contributed by atoms with Crippen LogP contribution in [0.15, 0.2) is 59.8 Å². The van der Waals surface area contributed by atoms with E-state index in [0.29, 0.717) is 25.2 Å². The van der Waals surface area contributed by atoms with Gasteiger partial charge in [-0.2, -0.15) is 4.31 Å². The SMILES string of the molecule is O=C(NCCCn1cnc2ccccc21)c1cccc(S(=O)(=O)N2CCCCC2)c1. The molecule has 1 amide bonds. The number of carbonyl (C=O) groups excluding carboxylic acids is 1. The fraction of sp³-hybridized carbons (Fsp3) is 0.364. The van der Waals surface area contributed by atoms with Gasteiger partial charge < -0.3 is 9.88 Å². The van der Waals surface area contributed by atoms with Crippen LogP contribution in [0.1, 0.15) is 36.0 Å². The van der Waals surface area contributed by atoms with Gasteiger partial charge in [-0.05, 0) is 49.6 Å². The summed E-state index contributed by atoms with van der Waals surface area (Å²) in [6.45, 7) is 2.32.